The van der Waals surface area contributed by atoms with Gasteiger partial charge in [0.2, 0.25) is 5.91 Å². The van der Waals surface area contributed by atoms with E-state index < -0.39 is 0 Å². The highest BCUT2D eigenvalue weighted by molar-refractivity contribution is 9.10. The summed E-state index contributed by atoms with van der Waals surface area (Å²) in [6.45, 7) is 2.97. The third kappa shape index (κ3) is 2.17. The summed E-state index contributed by atoms with van der Waals surface area (Å²) in [7, 11) is 1.89. The van der Waals surface area contributed by atoms with Crippen LogP contribution in [0.2, 0.25) is 0 Å². The zero-order valence-corrected chi connectivity index (χ0v) is 13.5. The number of aromatic nitrogens is 1. The molecule has 0 bridgehead atoms. The van der Waals surface area contributed by atoms with Crippen molar-refractivity contribution in [3.8, 4) is 0 Å². The summed E-state index contributed by atoms with van der Waals surface area (Å²) in [5, 5.41) is 3.55. The number of nitrogens with one attached hydrogen (secondary N) is 1. The van der Waals surface area contributed by atoms with Crippen LogP contribution in [-0.4, -0.2) is 34.9 Å². The molecule has 2 aliphatic heterocycles. The Balaban J connectivity index is 1.81. The minimum Gasteiger partial charge on any atom is -0.344 e. The van der Waals surface area contributed by atoms with Crippen LogP contribution in [0.25, 0.3) is 0 Å². The van der Waals surface area contributed by atoms with E-state index in [0.717, 1.165) is 42.4 Å². The second-order valence-corrected chi connectivity index (χ2v) is 6.70. The van der Waals surface area contributed by atoms with E-state index in [1.807, 2.05) is 18.1 Å². The van der Waals surface area contributed by atoms with Crippen molar-refractivity contribution in [2.24, 2.45) is 0 Å². The van der Waals surface area contributed by atoms with Crippen LogP contribution in [-0.2, 0) is 11.2 Å². The van der Waals surface area contributed by atoms with E-state index in [9.17, 15) is 4.79 Å². The largest absolute Gasteiger partial charge is 0.344 e. The Morgan fingerprint density at radius 3 is 2.95 bits per heavy atom. The number of hydrogen-bond donors (Lipinski definition) is 1. The van der Waals surface area contributed by atoms with Crippen molar-refractivity contribution < 1.29 is 4.79 Å². The molecular weight excluding hydrogens is 318 g/mol. The summed E-state index contributed by atoms with van der Waals surface area (Å²) in [6.07, 6.45) is 5.71. The average Bonchev–Trinajstić information content (AvgIpc) is 3.00. The van der Waals surface area contributed by atoms with Gasteiger partial charge in [-0.15, -0.1) is 0 Å². The molecule has 5 heteroatoms. The molecule has 1 aromatic heterocycles. The highest BCUT2D eigenvalue weighted by atomic mass is 79.9. The first kappa shape index (κ1) is 14.0. The van der Waals surface area contributed by atoms with Gasteiger partial charge in [-0.3, -0.25) is 15.1 Å². The lowest BCUT2D eigenvalue weighted by Crippen LogP contribution is -2.47. The van der Waals surface area contributed by atoms with Crippen molar-refractivity contribution in [3.63, 3.8) is 0 Å². The fourth-order valence-corrected chi connectivity index (χ4v) is 3.93. The second-order valence-electron chi connectivity index (χ2n) is 5.85. The topological polar surface area (TPSA) is 45.2 Å². The van der Waals surface area contributed by atoms with Gasteiger partial charge in [0.25, 0.3) is 0 Å². The number of aryl methyl sites for hydroxylation is 1. The number of nitrogens with zero attached hydrogens (tertiary/aromatic N) is 2. The van der Waals surface area contributed by atoms with Crippen LogP contribution in [0, 0.1) is 0 Å². The van der Waals surface area contributed by atoms with Crippen molar-refractivity contribution in [2.75, 3.05) is 13.6 Å². The van der Waals surface area contributed by atoms with Crippen molar-refractivity contribution >= 4 is 21.8 Å². The molecule has 0 saturated carbocycles. The minimum absolute atomic E-state index is 0.188. The van der Waals surface area contributed by atoms with Gasteiger partial charge in [0.05, 0.1) is 11.7 Å². The summed E-state index contributed by atoms with van der Waals surface area (Å²) in [4.78, 5) is 18.7. The number of carbonyl (C=O) groups excluding carboxylic acids is 1. The summed E-state index contributed by atoms with van der Waals surface area (Å²) < 4.78 is 1.11. The van der Waals surface area contributed by atoms with Gasteiger partial charge < -0.3 is 4.90 Å². The maximum atomic E-state index is 12.3. The number of likely N-dealkylation sites (tertiary alicyclic amines) is 1. The summed E-state index contributed by atoms with van der Waals surface area (Å²) in [5.74, 6) is 0.240. The Labute approximate surface area is 128 Å². The van der Waals surface area contributed by atoms with E-state index in [0.29, 0.717) is 0 Å². The third-order valence-electron chi connectivity index (χ3n) is 4.63. The second kappa shape index (κ2) is 5.11. The molecule has 1 spiro atoms. The molecule has 108 valence electrons. The summed E-state index contributed by atoms with van der Waals surface area (Å²) >= 11 is 3.61. The van der Waals surface area contributed by atoms with Crippen molar-refractivity contribution in [1.82, 2.24) is 15.2 Å². The molecule has 1 N–H and O–H groups in total. The monoisotopic (exact) mass is 337 g/mol. The predicted octanol–water partition coefficient (Wildman–Crippen LogP) is 2.43. The molecule has 4 nitrogen and oxygen atoms in total. The first-order valence-corrected chi connectivity index (χ1v) is 8.02. The first-order valence-electron chi connectivity index (χ1n) is 7.23. The van der Waals surface area contributed by atoms with Gasteiger partial charge >= 0.3 is 0 Å². The zero-order chi connectivity index (χ0) is 14.3. The lowest BCUT2D eigenvalue weighted by Gasteiger charge is -2.23. The van der Waals surface area contributed by atoms with Crippen LogP contribution in [0.5, 0.6) is 0 Å². The molecule has 3 rings (SSSR count). The molecule has 1 amide bonds. The van der Waals surface area contributed by atoms with E-state index in [1.165, 1.54) is 5.56 Å². The van der Waals surface area contributed by atoms with E-state index in [-0.39, 0.29) is 17.5 Å². The number of hydrogen-bond acceptors (Lipinski definition) is 3. The van der Waals surface area contributed by atoms with Crippen molar-refractivity contribution in [2.45, 2.75) is 44.2 Å². The summed E-state index contributed by atoms with van der Waals surface area (Å²) in [5.41, 5.74) is 1.92. The van der Waals surface area contributed by atoms with Gasteiger partial charge in [-0.25, -0.2) is 0 Å². The molecule has 3 heterocycles. The standard InChI is InChI=1S/C15H20BrN3O/c1-3-10-9-17-13(8-11(10)16)12-4-5-15(18-12)6-7-19(2)14(15)20/h8-9,12,18H,3-7H2,1-2H3/t12-,15+/m1/s1. The average molecular weight is 338 g/mol. The fourth-order valence-electron chi connectivity index (χ4n) is 3.31. The number of likely N-dealkylation sites (N-methyl/N-ethyl adjacent to an activating group) is 1. The van der Waals surface area contributed by atoms with Gasteiger partial charge in [0.1, 0.15) is 5.54 Å². The van der Waals surface area contributed by atoms with Crippen LogP contribution in [0.4, 0.5) is 0 Å². The number of halogens is 1. The van der Waals surface area contributed by atoms with Gasteiger partial charge in [-0.1, -0.05) is 22.9 Å². The molecule has 1 aromatic rings. The summed E-state index contributed by atoms with van der Waals surface area (Å²) in [6, 6.07) is 2.28. The maximum Gasteiger partial charge on any atom is 0.242 e. The van der Waals surface area contributed by atoms with Gasteiger partial charge in [-0.2, -0.15) is 0 Å². The maximum absolute atomic E-state index is 12.3. The van der Waals surface area contributed by atoms with Crippen LogP contribution in [0.3, 0.4) is 0 Å². The van der Waals surface area contributed by atoms with Gasteiger partial charge in [0.15, 0.2) is 0 Å². The van der Waals surface area contributed by atoms with E-state index >= 15 is 0 Å². The fraction of sp³-hybridized carbons (Fsp3) is 0.600. The number of rotatable bonds is 2. The Morgan fingerprint density at radius 2 is 2.35 bits per heavy atom. The van der Waals surface area contributed by atoms with Crippen LogP contribution >= 0.6 is 15.9 Å². The molecule has 2 aliphatic rings. The smallest absolute Gasteiger partial charge is 0.242 e. The zero-order valence-electron chi connectivity index (χ0n) is 11.9. The van der Waals surface area contributed by atoms with E-state index in [2.05, 4.69) is 39.2 Å². The normalized spacial score (nSPS) is 29.6. The van der Waals surface area contributed by atoms with E-state index in [1.54, 1.807) is 0 Å². The molecular formula is C15H20BrN3O. The molecule has 0 aliphatic carbocycles. The highest BCUT2D eigenvalue weighted by Crippen LogP contribution is 2.39. The van der Waals surface area contributed by atoms with Gasteiger partial charge in [0, 0.05) is 24.3 Å². The Kier molecular flexibility index (Phi) is 3.58. The minimum atomic E-state index is -0.336. The highest BCUT2D eigenvalue weighted by Gasteiger charge is 2.50. The number of pyridine rings is 1. The third-order valence-corrected chi connectivity index (χ3v) is 5.37. The SMILES string of the molecule is CCc1cnc([C@H]2CC[C@@]3(CCN(C)C3=O)N2)cc1Br. The predicted molar refractivity (Wildman–Crippen MR) is 81.4 cm³/mol. The quantitative estimate of drug-likeness (QED) is 0.901. The molecule has 20 heavy (non-hydrogen) atoms. The molecule has 0 aromatic carbocycles. The molecule has 2 atom stereocenters. The Hall–Kier alpha value is -0.940. The lowest BCUT2D eigenvalue weighted by atomic mass is 9.96. The van der Waals surface area contributed by atoms with Crippen molar-refractivity contribution in [1.29, 1.82) is 0 Å². The number of carbonyl (C=O) groups is 1. The van der Waals surface area contributed by atoms with Crippen LogP contribution in [0.15, 0.2) is 16.7 Å². The number of amides is 1. The van der Waals surface area contributed by atoms with Gasteiger partial charge in [-0.05, 0) is 37.3 Å². The van der Waals surface area contributed by atoms with Crippen LogP contribution < -0.4 is 5.32 Å². The molecule has 2 saturated heterocycles. The lowest BCUT2D eigenvalue weighted by molar-refractivity contribution is -0.131. The molecule has 2 fully saturated rings. The Morgan fingerprint density at radius 1 is 1.55 bits per heavy atom. The van der Waals surface area contributed by atoms with E-state index in [4.69, 9.17) is 0 Å². The first-order chi connectivity index (χ1) is 9.55. The Bertz CT molecular complexity index is 548. The molecule has 0 radical (unpaired) electrons. The van der Waals surface area contributed by atoms with Crippen molar-refractivity contribution in [3.05, 3.63) is 28.0 Å². The molecule has 0 unspecified atom stereocenters. The van der Waals surface area contributed by atoms with Crippen LogP contribution in [0.1, 0.15) is 43.5 Å².